The van der Waals surface area contributed by atoms with Crippen LogP contribution in [-0.2, 0) is 10.0 Å². The molecule has 1 amide bonds. The van der Waals surface area contributed by atoms with Gasteiger partial charge in [0, 0.05) is 6.54 Å². The van der Waals surface area contributed by atoms with E-state index in [-0.39, 0.29) is 21.7 Å². The van der Waals surface area contributed by atoms with Gasteiger partial charge in [0.25, 0.3) is 5.91 Å². The van der Waals surface area contributed by atoms with Crippen LogP contribution in [0.3, 0.4) is 0 Å². The molecule has 1 aromatic carbocycles. The Morgan fingerprint density at radius 2 is 2.00 bits per heavy atom. The molecule has 0 fully saturated rings. The number of nitrogens with one attached hydrogen (secondary N) is 1. The van der Waals surface area contributed by atoms with Crippen LogP contribution in [-0.4, -0.2) is 46.0 Å². The highest BCUT2D eigenvalue weighted by atomic mass is 79.9. The number of ether oxygens (including phenoxy) is 1. The molecule has 7 nitrogen and oxygen atoms in total. The number of amides is 1. The lowest BCUT2D eigenvalue weighted by molar-refractivity contribution is 0.0939. The third kappa shape index (κ3) is 5.54. The van der Waals surface area contributed by atoms with E-state index in [1.165, 1.54) is 6.07 Å². The molecular weight excluding hydrogens is 466 g/mol. The minimum atomic E-state index is -3.89. The van der Waals surface area contributed by atoms with Crippen molar-refractivity contribution in [1.82, 2.24) is 10.2 Å². The third-order valence-corrected chi connectivity index (χ3v) is 7.54. The minimum Gasteiger partial charge on any atom is -0.497 e. The molecule has 10 heteroatoms. The van der Waals surface area contributed by atoms with Gasteiger partial charge in [0.05, 0.1) is 21.8 Å². The quantitative estimate of drug-likeness (QED) is 0.563. The van der Waals surface area contributed by atoms with Crippen molar-refractivity contribution < 1.29 is 17.9 Å². The van der Waals surface area contributed by atoms with Crippen LogP contribution in [0.2, 0.25) is 0 Å². The van der Waals surface area contributed by atoms with E-state index in [2.05, 4.69) is 40.0 Å². The highest BCUT2D eigenvalue weighted by Gasteiger charge is 2.23. The largest absolute Gasteiger partial charge is 0.497 e. The van der Waals surface area contributed by atoms with Gasteiger partial charge >= 0.3 is 0 Å². The summed E-state index contributed by atoms with van der Waals surface area (Å²) in [5, 5.41) is 8.08. The number of thiophene rings is 1. The van der Waals surface area contributed by atoms with E-state index in [9.17, 15) is 13.2 Å². The lowest BCUT2D eigenvalue weighted by Crippen LogP contribution is -2.37. The van der Waals surface area contributed by atoms with Crippen LogP contribution in [0.25, 0.3) is 0 Å². The van der Waals surface area contributed by atoms with Gasteiger partial charge in [-0.3, -0.25) is 9.69 Å². The number of likely N-dealkylation sites (N-methyl/N-ethyl adjacent to an activating group) is 1. The average Bonchev–Trinajstić information content (AvgIpc) is 3.07. The number of primary sulfonamides is 1. The van der Waals surface area contributed by atoms with Gasteiger partial charge in [0.2, 0.25) is 10.0 Å². The van der Waals surface area contributed by atoms with Gasteiger partial charge in [-0.2, -0.15) is 0 Å². The molecule has 0 aliphatic rings. The number of hydrogen-bond acceptors (Lipinski definition) is 6. The van der Waals surface area contributed by atoms with Gasteiger partial charge in [0.1, 0.15) is 10.6 Å². The van der Waals surface area contributed by atoms with Crippen molar-refractivity contribution in [2.45, 2.75) is 24.8 Å². The summed E-state index contributed by atoms with van der Waals surface area (Å²) in [6.07, 6.45) is 0. The Hall–Kier alpha value is -1.46. The molecule has 2 aromatic rings. The summed E-state index contributed by atoms with van der Waals surface area (Å²) in [7, 11) is -2.27. The van der Waals surface area contributed by atoms with Gasteiger partial charge in [0.15, 0.2) is 0 Å². The minimum absolute atomic E-state index is 0.0461. The summed E-state index contributed by atoms with van der Waals surface area (Å²) in [6, 6.07) is 8.99. The first-order valence-corrected chi connectivity index (χ1v) is 11.8. The number of hydrogen-bond donors (Lipinski definition) is 2. The molecule has 0 saturated heterocycles. The molecule has 1 atom stereocenters. The molecule has 1 heterocycles. The summed E-state index contributed by atoms with van der Waals surface area (Å²) in [6.45, 7) is 6.12. The van der Waals surface area contributed by atoms with E-state index in [1.807, 2.05) is 24.3 Å². The van der Waals surface area contributed by atoms with Crippen molar-refractivity contribution in [1.29, 1.82) is 0 Å². The molecule has 0 aliphatic carbocycles. The second kappa shape index (κ2) is 9.84. The highest BCUT2D eigenvalue weighted by molar-refractivity contribution is 9.11. The van der Waals surface area contributed by atoms with Crippen LogP contribution >= 0.6 is 27.3 Å². The zero-order chi connectivity index (χ0) is 20.9. The number of carbonyl (C=O) groups is 1. The molecule has 2 rings (SSSR count). The third-order valence-electron chi connectivity index (χ3n) is 4.37. The van der Waals surface area contributed by atoms with Crippen LogP contribution < -0.4 is 15.2 Å². The zero-order valence-corrected chi connectivity index (χ0v) is 19.2. The maximum atomic E-state index is 12.6. The van der Waals surface area contributed by atoms with Crippen molar-refractivity contribution in [3.05, 3.63) is 44.6 Å². The molecule has 0 spiro atoms. The summed E-state index contributed by atoms with van der Waals surface area (Å²) in [4.78, 5) is 15.0. The Kier molecular flexibility index (Phi) is 8.02. The van der Waals surface area contributed by atoms with Crippen molar-refractivity contribution >= 4 is 43.2 Å². The number of benzene rings is 1. The Labute approximate surface area is 178 Å². The first-order valence-electron chi connectivity index (χ1n) is 8.69. The summed E-state index contributed by atoms with van der Waals surface area (Å²) in [5.74, 6) is 0.404. The van der Waals surface area contributed by atoms with Crippen LogP contribution in [0.1, 0.15) is 35.1 Å². The molecule has 154 valence electrons. The van der Waals surface area contributed by atoms with Gasteiger partial charge in [-0.05, 0) is 52.8 Å². The summed E-state index contributed by atoms with van der Waals surface area (Å²) < 4.78 is 28.8. The maximum absolute atomic E-state index is 12.6. The van der Waals surface area contributed by atoms with Gasteiger partial charge in [-0.1, -0.05) is 26.0 Å². The second-order valence-electron chi connectivity index (χ2n) is 6.02. The van der Waals surface area contributed by atoms with Gasteiger partial charge in [-0.15, -0.1) is 11.3 Å². The number of rotatable bonds is 9. The van der Waals surface area contributed by atoms with Crippen molar-refractivity contribution in [2.75, 3.05) is 26.7 Å². The predicted molar refractivity (Wildman–Crippen MR) is 114 cm³/mol. The normalized spacial score (nSPS) is 12.8. The zero-order valence-electron chi connectivity index (χ0n) is 15.9. The Bertz CT molecular complexity index is 927. The first kappa shape index (κ1) is 22.8. The van der Waals surface area contributed by atoms with Crippen molar-refractivity contribution in [3.63, 3.8) is 0 Å². The Morgan fingerprint density at radius 1 is 1.32 bits per heavy atom. The van der Waals surface area contributed by atoms with Crippen LogP contribution in [0.4, 0.5) is 0 Å². The number of halogens is 1. The highest BCUT2D eigenvalue weighted by Crippen LogP contribution is 2.31. The fourth-order valence-corrected chi connectivity index (χ4v) is 5.97. The summed E-state index contributed by atoms with van der Waals surface area (Å²) >= 11 is 4.19. The molecule has 0 radical (unpaired) electrons. The van der Waals surface area contributed by atoms with Crippen LogP contribution in [0.15, 0.2) is 39.0 Å². The second-order valence-corrected chi connectivity index (χ2v) is 9.92. The van der Waals surface area contributed by atoms with Crippen LogP contribution in [0.5, 0.6) is 5.75 Å². The van der Waals surface area contributed by atoms with E-state index in [0.29, 0.717) is 10.3 Å². The smallest absolute Gasteiger partial charge is 0.261 e. The SMILES string of the molecule is CCN(CC)C(CNC(=O)c1cc(S(N)(=O)=O)c(Br)s1)c1cccc(OC)c1. The van der Waals surface area contributed by atoms with E-state index in [0.717, 1.165) is 35.7 Å². The van der Waals surface area contributed by atoms with Crippen LogP contribution in [0, 0.1) is 0 Å². The van der Waals surface area contributed by atoms with Gasteiger partial charge in [-0.25, -0.2) is 13.6 Å². The molecule has 28 heavy (non-hydrogen) atoms. The number of sulfonamides is 1. The molecule has 0 aliphatic heterocycles. The Morgan fingerprint density at radius 3 is 2.54 bits per heavy atom. The van der Waals surface area contributed by atoms with Crippen molar-refractivity contribution in [2.24, 2.45) is 5.14 Å². The average molecular weight is 490 g/mol. The lowest BCUT2D eigenvalue weighted by Gasteiger charge is -2.30. The van der Waals surface area contributed by atoms with Crippen molar-refractivity contribution in [3.8, 4) is 5.75 Å². The molecule has 1 unspecified atom stereocenters. The number of carbonyl (C=O) groups excluding carboxylic acids is 1. The predicted octanol–water partition coefficient (Wildman–Crippen LogP) is 2.98. The standard InChI is InChI=1S/C18H24BrN3O4S2/c1-4-22(5-2)14(12-7-6-8-13(9-12)26-3)11-21-18(23)15-10-16(17(19)27-15)28(20,24)25/h6-10,14H,4-5,11H2,1-3H3,(H,21,23)(H2,20,24,25). The Balaban J connectivity index is 2.22. The number of nitrogens with zero attached hydrogens (tertiary/aromatic N) is 1. The first-order chi connectivity index (χ1) is 13.2. The van der Waals surface area contributed by atoms with E-state index < -0.39 is 10.0 Å². The summed E-state index contributed by atoms with van der Waals surface area (Å²) in [5.41, 5.74) is 1.03. The maximum Gasteiger partial charge on any atom is 0.261 e. The van der Waals surface area contributed by atoms with E-state index in [1.54, 1.807) is 7.11 Å². The molecule has 0 bridgehead atoms. The molecular formula is C18H24BrN3O4S2. The fraction of sp³-hybridized carbons (Fsp3) is 0.389. The monoisotopic (exact) mass is 489 g/mol. The van der Waals surface area contributed by atoms with Gasteiger partial charge < -0.3 is 10.1 Å². The molecule has 0 saturated carbocycles. The topological polar surface area (TPSA) is 102 Å². The molecule has 1 aromatic heterocycles. The van der Waals surface area contributed by atoms with E-state index in [4.69, 9.17) is 9.88 Å². The lowest BCUT2D eigenvalue weighted by atomic mass is 10.0. The number of nitrogens with two attached hydrogens (primary N) is 1. The number of methoxy groups -OCH3 is 1. The molecule has 3 N–H and O–H groups in total. The van der Waals surface area contributed by atoms with E-state index >= 15 is 0 Å². The fourth-order valence-electron chi connectivity index (χ4n) is 2.91.